The Kier molecular flexibility index (Phi) is 9.81. The van der Waals surface area contributed by atoms with Crippen LogP contribution in [0.3, 0.4) is 0 Å². The number of halogens is 3. The van der Waals surface area contributed by atoms with E-state index in [-0.39, 0.29) is 0 Å². The average molecular weight is 850 g/mol. The molecule has 0 fully saturated rings. The Labute approximate surface area is 371 Å². The summed E-state index contributed by atoms with van der Waals surface area (Å²) in [5, 5.41) is 2.03. The van der Waals surface area contributed by atoms with Crippen LogP contribution >= 0.6 is 0 Å². The molecule has 0 saturated carbocycles. The molecule has 7 nitrogen and oxygen atoms in total. The van der Waals surface area contributed by atoms with E-state index >= 15 is 0 Å². The molecule has 0 radical (unpaired) electrons. The highest BCUT2D eigenvalue weighted by molar-refractivity contribution is 6.10. The summed E-state index contributed by atoms with van der Waals surface area (Å²) in [6.07, 6.45) is -4.50. The summed E-state index contributed by atoms with van der Waals surface area (Å²) >= 11 is 0. The van der Waals surface area contributed by atoms with E-state index < -0.39 is 11.7 Å². The van der Waals surface area contributed by atoms with Gasteiger partial charge in [0.1, 0.15) is 0 Å². The van der Waals surface area contributed by atoms with Crippen molar-refractivity contribution >= 4 is 21.8 Å². The second kappa shape index (κ2) is 16.2. The SMILES string of the molecule is FC(F)(F)c1ccc(-c2cc(-n3c4ccccc4c4ccc(-c5nc(-c6ccccc6)nc(-c6ccccc6)n5)cc43)ccc2-c2nc(-c3ccccc3)nc(-c3ccccc3)n2)cc1. The highest BCUT2D eigenvalue weighted by Gasteiger charge is 2.30. The third-order valence-electron chi connectivity index (χ3n) is 11.4. The molecule has 11 aromatic rings. The summed E-state index contributed by atoms with van der Waals surface area (Å²) < 4.78 is 44.0. The van der Waals surface area contributed by atoms with Gasteiger partial charge in [0.25, 0.3) is 0 Å². The summed E-state index contributed by atoms with van der Waals surface area (Å²) in [4.78, 5) is 29.8. The van der Waals surface area contributed by atoms with Crippen LogP contribution in [0.25, 0.3) is 107 Å². The molecule has 0 aliphatic heterocycles. The van der Waals surface area contributed by atoms with Gasteiger partial charge in [-0.15, -0.1) is 0 Å². The second-order valence-corrected chi connectivity index (χ2v) is 15.5. The van der Waals surface area contributed by atoms with Crippen LogP contribution in [0.4, 0.5) is 13.2 Å². The van der Waals surface area contributed by atoms with Crippen molar-refractivity contribution in [1.82, 2.24) is 34.5 Å². The first kappa shape index (κ1) is 39.2. The Balaban J connectivity index is 1.13. The summed E-state index contributed by atoms with van der Waals surface area (Å²) in [7, 11) is 0. The van der Waals surface area contributed by atoms with Crippen LogP contribution in [0.1, 0.15) is 5.56 Å². The standard InChI is InChI=1S/C55H34F3N7/c56-55(57,58)41-28-25-35(26-29-41)46-34-42(30-32-45(46)54-63-51(38-19-9-3-10-20-38)60-52(64-54)39-21-11-4-12-22-39)65-47-24-14-13-23-43(47)44-31-27-40(33-48(44)65)53-61-49(36-15-5-1-6-16-36)59-50(62-53)37-17-7-2-8-18-37/h1-34H. The van der Waals surface area contributed by atoms with Crippen LogP contribution in [-0.2, 0) is 6.18 Å². The molecule has 10 heteroatoms. The second-order valence-electron chi connectivity index (χ2n) is 15.5. The van der Waals surface area contributed by atoms with Gasteiger partial charge in [-0.1, -0.05) is 164 Å². The number of fused-ring (bicyclic) bond motifs is 3. The fraction of sp³-hybridized carbons (Fsp3) is 0.0182. The molecule has 0 aliphatic rings. The Bertz CT molecular complexity index is 3390. The lowest BCUT2D eigenvalue weighted by Crippen LogP contribution is -2.04. The van der Waals surface area contributed by atoms with Gasteiger partial charge < -0.3 is 4.57 Å². The number of hydrogen-bond donors (Lipinski definition) is 0. The van der Waals surface area contributed by atoms with Crippen molar-refractivity contribution in [3.05, 3.63) is 212 Å². The lowest BCUT2D eigenvalue weighted by molar-refractivity contribution is -0.137. The van der Waals surface area contributed by atoms with Crippen molar-refractivity contribution < 1.29 is 13.2 Å². The topological polar surface area (TPSA) is 82.3 Å². The number of alkyl halides is 3. The van der Waals surface area contributed by atoms with Crippen LogP contribution in [0.2, 0.25) is 0 Å². The molecule has 11 rings (SSSR count). The smallest absolute Gasteiger partial charge is 0.309 e. The van der Waals surface area contributed by atoms with Crippen molar-refractivity contribution in [2.45, 2.75) is 6.18 Å². The van der Waals surface area contributed by atoms with E-state index in [1.54, 1.807) is 0 Å². The largest absolute Gasteiger partial charge is 0.416 e. The van der Waals surface area contributed by atoms with E-state index in [0.717, 1.165) is 67.4 Å². The predicted octanol–water partition coefficient (Wildman–Crippen LogP) is 13.8. The molecule has 0 saturated heterocycles. The number of rotatable bonds is 8. The molecular weight excluding hydrogens is 816 g/mol. The number of benzene rings is 8. The third kappa shape index (κ3) is 7.57. The first-order valence-corrected chi connectivity index (χ1v) is 20.9. The Morgan fingerprint density at radius 1 is 0.308 bits per heavy atom. The first-order chi connectivity index (χ1) is 31.8. The van der Waals surface area contributed by atoms with Crippen molar-refractivity contribution in [1.29, 1.82) is 0 Å². The zero-order chi connectivity index (χ0) is 43.9. The lowest BCUT2D eigenvalue weighted by Gasteiger charge is -2.16. The van der Waals surface area contributed by atoms with Gasteiger partial charge in [0.2, 0.25) is 0 Å². The molecule has 0 spiro atoms. The fourth-order valence-electron chi connectivity index (χ4n) is 8.20. The number of nitrogens with zero attached hydrogens (tertiary/aromatic N) is 7. The van der Waals surface area contributed by atoms with Crippen LogP contribution in [0, 0.1) is 0 Å². The van der Waals surface area contributed by atoms with Crippen LogP contribution < -0.4 is 0 Å². The minimum absolute atomic E-state index is 0.377. The number of hydrogen-bond acceptors (Lipinski definition) is 6. The molecule has 0 amide bonds. The molecule has 310 valence electrons. The van der Waals surface area contributed by atoms with Crippen LogP contribution in [-0.4, -0.2) is 34.5 Å². The van der Waals surface area contributed by atoms with Crippen molar-refractivity contribution in [3.63, 3.8) is 0 Å². The lowest BCUT2D eigenvalue weighted by atomic mass is 9.97. The van der Waals surface area contributed by atoms with E-state index in [2.05, 4.69) is 28.8 Å². The average Bonchev–Trinajstić information content (AvgIpc) is 3.70. The highest BCUT2D eigenvalue weighted by Crippen LogP contribution is 2.40. The Morgan fingerprint density at radius 3 is 1.22 bits per heavy atom. The molecule has 65 heavy (non-hydrogen) atoms. The zero-order valence-electron chi connectivity index (χ0n) is 34.4. The van der Waals surface area contributed by atoms with Gasteiger partial charge in [-0.25, -0.2) is 29.9 Å². The monoisotopic (exact) mass is 849 g/mol. The van der Waals surface area contributed by atoms with Crippen LogP contribution in [0.5, 0.6) is 0 Å². The molecule has 8 aromatic carbocycles. The molecule has 0 aliphatic carbocycles. The quantitative estimate of drug-likeness (QED) is 0.151. The molecule has 3 aromatic heterocycles. The Morgan fingerprint density at radius 2 is 0.723 bits per heavy atom. The van der Waals surface area contributed by atoms with Gasteiger partial charge in [0.15, 0.2) is 34.9 Å². The van der Waals surface area contributed by atoms with Crippen molar-refractivity contribution in [2.24, 2.45) is 0 Å². The maximum Gasteiger partial charge on any atom is 0.416 e. The summed E-state index contributed by atoms with van der Waals surface area (Å²) in [6.45, 7) is 0. The summed E-state index contributed by atoms with van der Waals surface area (Å²) in [5.41, 5.74) is 7.79. The van der Waals surface area contributed by atoms with Gasteiger partial charge in [-0.05, 0) is 53.6 Å². The molecule has 3 heterocycles. The van der Waals surface area contributed by atoms with Gasteiger partial charge in [0, 0.05) is 49.8 Å². The zero-order valence-corrected chi connectivity index (χ0v) is 34.4. The number of para-hydroxylation sites is 1. The summed E-state index contributed by atoms with van der Waals surface area (Å²) in [6, 6.07) is 64.5. The molecule has 0 atom stereocenters. The third-order valence-corrected chi connectivity index (χ3v) is 11.4. The van der Waals surface area contributed by atoms with Gasteiger partial charge >= 0.3 is 6.18 Å². The van der Waals surface area contributed by atoms with E-state index in [1.165, 1.54) is 12.1 Å². The number of aromatic nitrogens is 7. The van der Waals surface area contributed by atoms with Crippen LogP contribution in [0.15, 0.2) is 206 Å². The maximum absolute atomic E-state index is 14.0. The van der Waals surface area contributed by atoms with E-state index in [0.29, 0.717) is 51.6 Å². The van der Waals surface area contributed by atoms with Crippen molar-refractivity contribution in [3.8, 4) is 85.1 Å². The van der Waals surface area contributed by atoms with E-state index in [9.17, 15) is 13.2 Å². The molecular formula is C55H34F3N7. The minimum atomic E-state index is -4.50. The van der Waals surface area contributed by atoms with Gasteiger partial charge in [-0.3, -0.25) is 0 Å². The summed E-state index contributed by atoms with van der Waals surface area (Å²) in [5.74, 6) is 2.93. The fourth-order valence-corrected chi connectivity index (χ4v) is 8.20. The van der Waals surface area contributed by atoms with E-state index in [4.69, 9.17) is 29.9 Å². The van der Waals surface area contributed by atoms with Gasteiger partial charge in [-0.2, -0.15) is 13.2 Å². The predicted molar refractivity (Wildman–Crippen MR) is 251 cm³/mol. The first-order valence-electron chi connectivity index (χ1n) is 20.9. The Hall–Kier alpha value is -8.63. The molecule has 0 unspecified atom stereocenters. The van der Waals surface area contributed by atoms with E-state index in [1.807, 2.05) is 158 Å². The molecule has 0 bridgehead atoms. The van der Waals surface area contributed by atoms with Crippen molar-refractivity contribution in [2.75, 3.05) is 0 Å². The normalized spacial score (nSPS) is 11.6. The van der Waals surface area contributed by atoms with Gasteiger partial charge in [0.05, 0.1) is 16.6 Å². The minimum Gasteiger partial charge on any atom is -0.309 e. The highest BCUT2D eigenvalue weighted by atomic mass is 19.4. The molecule has 0 N–H and O–H groups in total. The maximum atomic E-state index is 14.0.